The number of hydrogen-bond acceptors (Lipinski definition) is 3. The molecule has 1 amide bonds. The highest BCUT2D eigenvalue weighted by Crippen LogP contribution is 2.16. The smallest absolute Gasteiger partial charge is 0.234 e. The number of nitrogens with two attached hydrogens (primary N) is 1. The van der Waals surface area contributed by atoms with E-state index < -0.39 is 18.1 Å². The number of hydrogen-bond donors (Lipinski definition) is 2. The lowest BCUT2D eigenvalue weighted by Gasteiger charge is -2.17. The fourth-order valence-corrected chi connectivity index (χ4v) is 2.25. The first-order chi connectivity index (χ1) is 9.06. The molecule has 0 spiro atoms. The lowest BCUT2D eigenvalue weighted by molar-refractivity contribution is -0.122. The summed E-state index contributed by atoms with van der Waals surface area (Å²) in [6, 6.07) is 6.79. The molecule has 1 aromatic rings. The molecule has 2 rings (SSSR count). The molecule has 100 valence electrons. The summed E-state index contributed by atoms with van der Waals surface area (Å²) in [5, 5.41) is 10.2. The van der Waals surface area contributed by atoms with Crippen molar-refractivity contribution in [3.8, 4) is 11.8 Å². The third kappa shape index (κ3) is 3.71. The molecule has 19 heavy (non-hydrogen) atoms. The number of aliphatic hydroxyl groups excluding tert-OH is 1. The van der Waals surface area contributed by atoms with Gasteiger partial charge in [-0.25, -0.2) is 0 Å². The van der Waals surface area contributed by atoms with Gasteiger partial charge >= 0.3 is 0 Å². The minimum atomic E-state index is -0.505. The summed E-state index contributed by atoms with van der Waals surface area (Å²) in [5.74, 6) is 5.56. The van der Waals surface area contributed by atoms with Gasteiger partial charge in [0, 0.05) is 17.1 Å². The number of carbonyl (C=O) groups is 1. The highest BCUT2D eigenvalue weighted by Gasteiger charge is 2.33. The zero-order chi connectivity index (χ0) is 13.8. The Labute approximate surface area is 117 Å². The van der Waals surface area contributed by atoms with Crippen LogP contribution in [0.1, 0.15) is 12.0 Å². The van der Waals surface area contributed by atoms with E-state index in [1.807, 2.05) is 12.1 Å². The normalized spacial score (nSPS) is 22.8. The monoisotopic (exact) mass is 278 g/mol. The average Bonchev–Trinajstić information content (AvgIpc) is 2.73. The van der Waals surface area contributed by atoms with Crippen molar-refractivity contribution >= 4 is 17.5 Å². The molecule has 4 nitrogen and oxygen atoms in total. The molecule has 1 aromatic carbocycles. The van der Waals surface area contributed by atoms with Crippen molar-refractivity contribution in [1.29, 1.82) is 0 Å². The van der Waals surface area contributed by atoms with Gasteiger partial charge in [-0.05, 0) is 30.7 Å². The summed E-state index contributed by atoms with van der Waals surface area (Å²) >= 11 is 5.78. The Morgan fingerprint density at radius 3 is 2.79 bits per heavy atom. The Hall–Kier alpha value is -1.54. The minimum Gasteiger partial charge on any atom is -0.392 e. The molecule has 0 unspecified atom stereocenters. The van der Waals surface area contributed by atoms with Crippen LogP contribution in [-0.2, 0) is 4.79 Å². The van der Waals surface area contributed by atoms with Crippen LogP contribution in [0.3, 0.4) is 0 Å². The van der Waals surface area contributed by atoms with E-state index in [2.05, 4.69) is 11.8 Å². The van der Waals surface area contributed by atoms with Crippen molar-refractivity contribution in [3.63, 3.8) is 0 Å². The second kappa shape index (κ2) is 6.07. The number of carbonyl (C=O) groups excluding carboxylic acids is 1. The van der Waals surface area contributed by atoms with Gasteiger partial charge in [0.15, 0.2) is 0 Å². The molecule has 1 aliphatic rings. The summed E-state index contributed by atoms with van der Waals surface area (Å²) in [6.45, 7) is 0.843. The maximum atomic E-state index is 11.2. The second-order valence-electron chi connectivity index (χ2n) is 4.55. The molecule has 1 saturated heterocycles. The third-order valence-electron chi connectivity index (χ3n) is 3.07. The van der Waals surface area contributed by atoms with Crippen molar-refractivity contribution in [2.75, 3.05) is 13.1 Å². The number of primary amides is 1. The molecule has 0 aromatic heterocycles. The topological polar surface area (TPSA) is 66.6 Å². The molecule has 0 bridgehead atoms. The number of benzene rings is 1. The van der Waals surface area contributed by atoms with Gasteiger partial charge in [0.2, 0.25) is 5.91 Å². The fourth-order valence-electron chi connectivity index (χ4n) is 2.13. The van der Waals surface area contributed by atoms with Crippen LogP contribution in [0.4, 0.5) is 0 Å². The van der Waals surface area contributed by atoms with Crippen molar-refractivity contribution in [2.24, 2.45) is 5.73 Å². The molecule has 0 saturated carbocycles. The second-order valence-corrected chi connectivity index (χ2v) is 4.98. The highest BCUT2D eigenvalue weighted by atomic mass is 35.5. The number of likely N-dealkylation sites (tertiary alicyclic amines) is 1. The van der Waals surface area contributed by atoms with Gasteiger partial charge in [0.05, 0.1) is 18.7 Å². The average molecular weight is 279 g/mol. The Bertz CT molecular complexity index is 518. The number of nitrogens with zero attached hydrogens (tertiary/aromatic N) is 1. The number of β-amino-alcohol motifs (C(OH)–C–C–N with tert-alkyl or cyclic N) is 1. The molecule has 0 aliphatic carbocycles. The fraction of sp³-hybridized carbons (Fsp3) is 0.357. The Kier molecular flexibility index (Phi) is 4.43. The van der Waals surface area contributed by atoms with Gasteiger partial charge in [-0.1, -0.05) is 23.4 Å². The summed E-state index contributed by atoms with van der Waals surface area (Å²) in [4.78, 5) is 13.0. The summed E-state index contributed by atoms with van der Waals surface area (Å²) in [7, 11) is 0. The molecule has 1 fully saturated rings. The molecule has 1 aliphatic heterocycles. The molecule has 5 heteroatoms. The first-order valence-electron chi connectivity index (χ1n) is 6.02. The van der Waals surface area contributed by atoms with E-state index in [1.165, 1.54) is 0 Å². The quantitative estimate of drug-likeness (QED) is 0.779. The van der Waals surface area contributed by atoms with E-state index in [9.17, 15) is 9.90 Å². The van der Waals surface area contributed by atoms with Crippen LogP contribution in [-0.4, -0.2) is 41.1 Å². The first-order valence-corrected chi connectivity index (χ1v) is 6.40. The third-order valence-corrected chi connectivity index (χ3v) is 3.32. The molecule has 2 atom stereocenters. The van der Waals surface area contributed by atoms with E-state index in [4.69, 9.17) is 17.3 Å². The van der Waals surface area contributed by atoms with Gasteiger partial charge in [-0.15, -0.1) is 0 Å². The van der Waals surface area contributed by atoms with E-state index >= 15 is 0 Å². The Morgan fingerprint density at radius 2 is 2.16 bits per heavy atom. The Balaban J connectivity index is 1.98. The van der Waals surface area contributed by atoms with Gasteiger partial charge in [-0.3, -0.25) is 9.69 Å². The predicted molar refractivity (Wildman–Crippen MR) is 73.5 cm³/mol. The van der Waals surface area contributed by atoms with E-state index in [1.54, 1.807) is 17.0 Å². The van der Waals surface area contributed by atoms with Crippen LogP contribution < -0.4 is 5.73 Å². The SMILES string of the molecule is NC(=O)[C@H]1C[C@@H](O)CN1CC#Cc1ccc(Cl)cc1. The molecule has 0 radical (unpaired) electrons. The maximum Gasteiger partial charge on any atom is 0.234 e. The molecule has 3 N–H and O–H groups in total. The van der Waals surface area contributed by atoms with Crippen LogP contribution in [0.2, 0.25) is 5.02 Å². The van der Waals surface area contributed by atoms with E-state index in [0.717, 1.165) is 5.56 Å². The highest BCUT2D eigenvalue weighted by molar-refractivity contribution is 6.30. The number of amides is 1. The van der Waals surface area contributed by atoms with Gasteiger partial charge in [0.25, 0.3) is 0 Å². The van der Waals surface area contributed by atoms with Crippen molar-refractivity contribution < 1.29 is 9.90 Å². The lowest BCUT2D eigenvalue weighted by atomic mass is 10.2. The van der Waals surface area contributed by atoms with Crippen LogP contribution >= 0.6 is 11.6 Å². The van der Waals surface area contributed by atoms with Crippen LogP contribution in [0.15, 0.2) is 24.3 Å². The first kappa shape index (κ1) is 13.9. The van der Waals surface area contributed by atoms with Crippen LogP contribution in [0, 0.1) is 11.8 Å². The predicted octanol–water partition coefficient (Wildman–Crippen LogP) is 0.612. The lowest BCUT2D eigenvalue weighted by Crippen LogP contribution is -2.40. The molecular formula is C14H15ClN2O2. The number of rotatable bonds is 2. The zero-order valence-corrected chi connectivity index (χ0v) is 11.1. The largest absolute Gasteiger partial charge is 0.392 e. The molecular weight excluding hydrogens is 264 g/mol. The van der Waals surface area contributed by atoms with Crippen molar-refractivity contribution in [2.45, 2.75) is 18.6 Å². The zero-order valence-electron chi connectivity index (χ0n) is 10.3. The van der Waals surface area contributed by atoms with Crippen molar-refractivity contribution in [1.82, 2.24) is 4.90 Å². The van der Waals surface area contributed by atoms with Gasteiger partial charge < -0.3 is 10.8 Å². The van der Waals surface area contributed by atoms with Crippen LogP contribution in [0.25, 0.3) is 0 Å². The number of halogens is 1. The van der Waals surface area contributed by atoms with Crippen LogP contribution in [0.5, 0.6) is 0 Å². The summed E-state index contributed by atoms with van der Waals surface area (Å²) in [6.07, 6.45) is -0.118. The summed E-state index contributed by atoms with van der Waals surface area (Å²) < 4.78 is 0. The standard InChI is InChI=1S/C14H15ClN2O2/c15-11-5-3-10(4-6-11)2-1-7-17-9-12(18)8-13(17)14(16)19/h3-6,12-13,18H,7-9H2,(H2,16,19)/t12-,13-/m1/s1. The minimum absolute atomic E-state index is 0.387. The number of aliphatic hydroxyl groups is 1. The Morgan fingerprint density at radius 1 is 1.47 bits per heavy atom. The van der Waals surface area contributed by atoms with Gasteiger partial charge in [0.1, 0.15) is 0 Å². The maximum absolute atomic E-state index is 11.2. The molecule has 1 heterocycles. The summed E-state index contributed by atoms with van der Waals surface area (Å²) in [5.41, 5.74) is 6.16. The van der Waals surface area contributed by atoms with Crippen molar-refractivity contribution in [3.05, 3.63) is 34.9 Å². The van der Waals surface area contributed by atoms with Gasteiger partial charge in [-0.2, -0.15) is 0 Å². The van der Waals surface area contributed by atoms with E-state index in [-0.39, 0.29) is 0 Å². The van der Waals surface area contributed by atoms with E-state index in [0.29, 0.717) is 24.5 Å².